The van der Waals surface area contributed by atoms with Crippen LogP contribution in [0.5, 0.6) is 5.75 Å². The van der Waals surface area contributed by atoms with Crippen molar-refractivity contribution in [3.63, 3.8) is 0 Å². The number of fused-ring (bicyclic) bond motifs is 4. The first-order valence-electron chi connectivity index (χ1n) is 12.2. The number of hydrogen-bond acceptors (Lipinski definition) is 3. The van der Waals surface area contributed by atoms with Crippen molar-refractivity contribution in [2.24, 2.45) is 0 Å². The van der Waals surface area contributed by atoms with Crippen LogP contribution < -0.4 is 15.0 Å². The van der Waals surface area contributed by atoms with Crippen molar-refractivity contribution >= 4 is 40.0 Å². The Labute approximate surface area is 216 Å². The van der Waals surface area contributed by atoms with E-state index in [1.165, 1.54) is 5.39 Å². The van der Waals surface area contributed by atoms with Gasteiger partial charge in [-0.15, -0.1) is 0 Å². The number of carbonyl (C=O) groups excluding carboxylic acids is 1. The van der Waals surface area contributed by atoms with Crippen LogP contribution >= 0.6 is 11.6 Å². The third kappa shape index (κ3) is 3.40. The molecule has 1 N–H and O–H groups in total. The zero-order valence-electron chi connectivity index (χ0n) is 20.3. The highest BCUT2D eigenvalue weighted by Crippen LogP contribution is 2.55. The van der Waals surface area contributed by atoms with E-state index in [0.29, 0.717) is 11.6 Å². The summed E-state index contributed by atoms with van der Waals surface area (Å²) in [6.45, 7) is 4.89. The molecular weight excluding hydrogens is 468 g/mol. The number of anilines is 1. The molecule has 0 radical (unpaired) electrons. The van der Waals surface area contributed by atoms with Gasteiger partial charge in [-0.05, 0) is 66.1 Å². The van der Waals surface area contributed by atoms with Crippen molar-refractivity contribution in [2.45, 2.75) is 31.5 Å². The van der Waals surface area contributed by atoms with Gasteiger partial charge in [0.05, 0.1) is 5.41 Å². The molecule has 1 spiro atoms. The second-order valence-corrected chi connectivity index (χ2v) is 10.3. The van der Waals surface area contributed by atoms with E-state index in [0.717, 1.165) is 33.5 Å². The summed E-state index contributed by atoms with van der Waals surface area (Å²) in [4.78, 5) is 15.4. The Morgan fingerprint density at radius 1 is 0.944 bits per heavy atom. The molecule has 5 heteroatoms. The predicted molar refractivity (Wildman–Crippen MR) is 146 cm³/mol. The molecule has 0 aliphatic carbocycles. The van der Waals surface area contributed by atoms with Gasteiger partial charge in [0.1, 0.15) is 12.3 Å². The molecule has 180 valence electrons. The van der Waals surface area contributed by atoms with Gasteiger partial charge in [-0.1, -0.05) is 78.3 Å². The first kappa shape index (κ1) is 22.7. The van der Waals surface area contributed by atoms with Gasteiger partial charge in [-0.25, -0.2) is 0 Å². The fourth-order valence-corrected chi connectivity index (χ4v) is 5.80. The van der Waals surface area contributed by atoms with Crippen LogP contribution in [0.25, 0.3) is 16.8 Å². The summed E-state index contributed by atoms with van der Waals surface area (Å²) in [5.41, 5.74) is 2.84. The minimum absolute atomic E-state index is 0.0943. The number of hydrogen-bond donors (Lipinski definition) is 1. The van der Waals surface area contributed by atoms with Gasteiger partial charge in [0.15, 0.2) is 0 Å². The number of para-hydroxylation sites is 1. The summed E-state index contributed by atoms with van der Waals surface area (Å²) in [6, 6.07) is 28.3. The van der Waals surface area contributed by atoms with Crippen LogP contribution in [0.2, 0.25) is 5.02 Å². The lowest BCUT2D eigenvalue weighted by Crippen LogP contribution is -2.61. The summed E-state index contributed by atoms with van der Waals surface area (Å²) in [6.07, 6.45) is 4.28. The summed E-state index contributed by atoms with van der Waals surface area (Å²) < 4.78 is 6.92. The van der Waals surface area contributed by atoms with Crippen LogP contribution in [0.1, 0.15) is 30.5 Å². The van der Waals surface area contributed by atoms with E-state index in [9.17, 15) is 4.79 Å². The molecule has 0 aromatic heterocycles. The lowest BCUT2D eigenvalue weighted by atomic mass is 9.76. The normalized spacial score (nSPS) is 19.1. The molecule has 1 atom stereocenters. The van der Waals surface area contributed by atoms with E-state index in [1.54, 1.807) is 0 Å². The number of ether oxygens (including phenoxy) is 1. The number of halogens is 1. The standard InChI is InChI=1S/C31H27ClN2O2/c1-30(2)25-12-6-8-14-27(25)34(20-29(35)33-19-22-10-4-7-13-26(22)32)31(30)18-17-24-23-11-5-3-9-21(23)15-16-28(24)36-31/h3-18H,19-20H2,1-2H3,(H,33,35)/t31-/m0/s1. The Kier molecular flexibility index (Phi) is 5.31. The molecule has 0 saturated heterocycles. The molecule has 2 aliphatic heterocycles. The average molecular weight is 495 g/mol. The van der Waals surface area contributed by atoms with E-state index in [4.69, 9.17) is 16.3 Å². The molecule has 0 saturated carbocycles. The third-order valence-electron chi connectivity index (χ3n) is 7.57. The predicted octanol–water partition coefficient (Wildman–Crippen LogP) is 6.71. The van der Waals surface area contributed by atoms with Crippen LogP contribution in [0.4, 0.5) is 5.69 Å². The van der Waals surface area contributed by atoms with Crippen molar-refractivity contribution in [1.82, 2.24) is 5.32 Å². The highest BCUT2D eigenvalue weighted by molar-refractivity contribution is 6.31. The smallest absolute Gasteiger partial charge is 0.239 e. The van der Waals surface area contributed by atoms with E-state index < -0.39 is 11.1 Å². The second-order valence-electron chi connectivity index (χ2n) is 9.93. The summed E-state index contributed by atoms with van der Waals surface area (Å²) >= 11 is 6.30. The summed E-state index contributed by atoms with van der Waals surface area (Å²) in [7, 11) is 0. The Morgan fingerprint density at radius 2 is 1.69 bits per heavy atom. The average Bonchev–Trinajstić information content (AvgIpc) is 3.06. The minimum atomic E-state index is -0.853. The topological polar surface area (TPSA) is 41.6 Å². The number of nitrogens with one attached hydrogen (secondary N) is 1. The van der Waals surface area contributed by atoms with Gasteiger partial charge >= 0.3 is 0 Å². The van der Waals surface area contributed by atoms with Gasteiger partial charge in [-0.2, -0.15) is 0 Å². The van der Waals surface area contributed by atoms with Crippen molar-refractivity contribution in [3.8, 4) is 5.75 Å². The maximum atomic E-state index is 13.3. The van der Waals surface area contributed by atoms with Crippen molar-refractivity contribution < 1.29 is 9.53 Å². The van der Waals surface area contributed by atoms with Gasteiger partial charge in [0.2, 0.25) is 11.6 Å². The summed E-state index contributed by atoms with van der Waals surface area (Å²) in [5.74, 6) is 0.724. The molecule has 4 aromatic carbocycles. The molecule has 4 aromatic rings. The van der Waals surface area contributed by atoms with Gasteiger partial charge < -0.3 is 15.0 Å². The minimum Gasteiger partial charge on any atom is -0.463 e. The Hall–Kier alpha value is -3.76. The maximum Gasteiger partial charge on any atom is 0.239 e. The van der Waals surface area contributed by atoms with Crippen molar-refractivity contribution in [3.05, 3.63) is 113 Å². The molecule has 6 rings (SSSR count). The first-order chi connectivity index (χ1) is 17.4. The zero-order valence-corrected chi connectivity index (χ0v) is 21.0. The number of amides is 1. The fraction of sp³-hybridized carbons (Fsp3) is 0.194. The number of nitrogens with zero attached hydrogens (tertiary/aromatic N) is 1. The molecule has 0 unspecified atom stereocenters. The second kappa shape index (κ2) is 8.42. The quantitative estimate of drug-likeness (QED) is 0.343. The third-order valence-corrected chi connectivity index (χ3v) is 7.94. The molecule has 0 bridgehead atoms. The van der Waals surface area contributed by atoms with Crippen LogP contribution in [0.15, 0.2) is 91.0 Å². The molecule has 36 heavy (non-hydrogen) atoms. The van der Waals surface area contributed by atoms with E-state index in [2.05, 4.69) is 66.5 Å². The van der Waals surface area contributed by atoms with Gasteiger partial charge in [0.25, 0.3) is 0 Å². The van der Waals surface area contributed by atoms with Crippen LogP contribution in [-0.2, 0) is 16.8 Å². The van der Waals surface area contributed by atoms with Crippen LogP contribution in [0.3, 0.4) is 0 Å². The molecule has 2 aliphatic rings. The number of carbonyl (C=O) groups is 1. The van der Waals surface area contributed by atoms with E-state index in [1.807, 2.05) is 54.6 Å². The maximum absolute atomic E-state index is 13.3. The Bertz CT molecular complexity index is 1530. The van der Waals surface area contributed by atoms with Crippen LogP contribution in [-0.4, -0.2) is 18.2 Å². The van der Waals surface area contributed by atoms with Crippen molar-refractivity contribution in [1.29, 1.82) is 0 Å². The fourth-order valence-electron chi connectivity index (χ4n) is 5.60. The number of rotatable bonds is 4. The van der Waals surface area contributed by atoms with E-state index >= 15 is 0 Å². The highest BCUT2D eigenvalue weighted by atomic mass is 35.5. The van der Waals surface area contributed by atoms with E-state index in [-0.39, 0.29) is 12.5 Å². The Balaban J connectivity index is 1.37. The van der Waals surface area contributed by atoms with Gasteiger partial charge in [-0.3, -0.25) is 4.79 Å². The zero-order chi connectivity index (χ0) is 24.9. The lowest BCUT2D eigenvalue weighted by Gasteiger charge is -2.47. The number of benzene rings is 4. The molecular formula is C31H27ClN2O2. The van der Waals surface area contributed by atoms with Crippen LogP contribution in [0, 0.1) is 0 Å². The molecule has 2 heterocycles. The highest BCUT2D eigenvalue weighted by Gasteiger charge is 2.59. The molecule has 4 nitrogen and oxygen atoms in total. The van der Waals surface area contributed by atoms with Gasteiger partial charge in [0, 0.05) is 22.8 Å². The molecule has 0 fully saturated rings. The monoisotopic (exact) mass is 494 g/mol. The molecule has 1 amide bonds. The lowest BCUT2D eigenvalue weighted by molar-refractivity contribution is -0.120. The summed E-state index contributed by atoms with van der Waals surface area (Å²) in [5, 5.41) is 6.01. The van der Waals surface area contributed by atoms with Crippen molar-refractivity contribution in [2.75, 3.05) is 11.4 Å². The Morgan fingerprint density at radius 3 is 2.56 bits per heavy atom. The SMILES string of the molecule is CC1(C)c2ccccc2N(CC(=O)NCc2ccccc2Cl)[C@]12C=Cc1c(ccc3ccccc13)O2. The first-order valence-corrected chi connectivity index (χ1v) is 12.6. The largest absolute Gasteiger partial charge is 0.463 e.